The number of aliphatic hydroxyl groups excluding tert-OH is 1. The van der Waals surface area contributed by atoms with E-state index in [1.54, 1.807) is 0 Å². The first-order chi connectivity index (χ1) is 9.34. The third kappa shape index (κ3) is 5.25. The molecule has 0 saturated heterocycles. The van der Waals surface area contributed by atoms with Crippen LogP contribution in [0.25, 0.3) is 0 Å². The maximum absolute atomic E-state index is 9.77. The first kappa shape index (κ1) is 13.8. The average Bonchev–Trinajstić information content (AvgIpc) is 2.47. The summed E-state index contributed by atoms with van der Waals surface area (Å²) in [6, 6.07) is 20.2. The summed E-state index contributed by atoms with van der Waals surface area (Å²) in [6.07, 6.45) is 1.90. The second kappa shape index (κ2) is 7.72. The molecule has 0 spiro atoms. The molecule has 19 heavy (non-hydrogen) atoms. The summed E-state index contributed by atoms with van der Waals surface area (Å²) in [7, 11) is 0. The van der Waals surface area contributed by atoms with Crippen molar-refractivity contribution in [2.24, 2.45) is 0 Å². The van der Waals surface area contributed by atoms with Gasteiger partial charge in [-0.15, -0.1) is 0 Å². The second-order valence-electron chi connectivity index (χ2n) is 4.63. The minimum Gasteiger partial charge on any atom is -0.368 e. The van der Waals surface area contributed by atoms with E-state index in [9.17, 15) is 5.11 Å². The number of hydrogen-bond donors (Lipinski definition) is 1. The highest BCUT2D eigenvalue weighted by Crippen LogP contribution is 2.09. The van der Waals surface area contributed by atoms with Gasteiger partial charge in [-0.25, -0.2) is 0 Å². The maximum atomic E-state index is 9.77. The minimum atomic E-state index is -0.677. The van der Waals surface area contributed by atoms with Crippen molar-refractivity contribution in [3.63, 3.8) is 0 Å². The summed E-state index contributed by atoms with van der Waals surface area (Å²) in [5.41, 5.74) is 2.39. The first-order valence-electron chi connectivity index (χ1n) is 6.72. The van der Waals surface area contributed by atoms with E-state index in [-0.39, 0.29) is 0 Å². The Hall–Kier alpha value is -1.64. The van der Waals surface area contributed by atoms with Crippen LogP contribution in [-0.4, -0.2) is 11.4 Å². The fourth-order valence-corrected chi connectivity index (χ4v) is 1.98. The predicted octanol–water partition coefficient (Wildman–Crippen LogP) is 3.54. The highest BCUT2D eigenvalue weighted by Gasteiger charge is 2.04. The van der Waals surface area contributed by atoms with Crippen LogP contribution in [0.15, 0.2) is 60.7 Å². The molecule has 0 aromatic heterocycles. The first-order valence-corrected chi connectivity index (χ1v) is 6.72. The van der Waals surface area contributed by atoms with Gasteiger partial charge in [0.25, 0.3) is 0 Å². The third-order valence-electron chi connectivity index (χ3n) is 3.04. The molecule has 2 nitrogen and oxygen atoms in total. The average molecular weight is 256 g/mol. The molecule has 0 heterocycles. The molecule has 0 aliphatic carbocycles. The van der Waals surface area contributed by atoms with E-state index in [1.165, 1.54) is 5.56 Å². The van der Waals surface area contributed by atoms with Gasteiger partial charge >= 0.3 is 0 Å². The fraction of sp³-hybridized carbons (Fsp3) is 0.294. The summed E-state index contributed by atoms with van der Waals surface area (Å²) >= 11 is 0. The van der Waals surface area contributed by atoms with E-state index in [1.807, 2.05) is 48.5 Å². The Morgan fingerprint density at radius 1 is 0.842 bits per heavy atom. The van der Waals surface area contributed by atoms with E-state index in [0.29, 0.717) is 13.0 Å². The van der Waals surface area contributed by atoms with Gasteiger partial charge in [-0.3, -0.25) is 0 Å². The molecule has 100 valence electrons. The van der Waals surface area contributed by atoms with E-state index in [0.717, 1.165) is 18.4 Å². The van der Waals surface area contributed by atoms with Crippen LogP contribution in [0, 0.1) is 0 Å². The van der Waals surface area contributed by atoms with Crippen LogP contribution >= 0.6 is 0 Å². The Morgan fingerprint density at radius 3 is 2.05 bits per heavy atom. The summed E-state index contributed by atoms with van der Waals surface area (Å²) in [5, 5.41) is 9.77. The van der Waals surface area contributed by atoms with E-state index in [4.69, 9.17) is 4.74 Å². The van der Waals surface area contributed by atoms with Gasteiger partial charge in [-0.2, -0.15) is 0 Å². The summed E-state index contributed by atoms with van der Waals surface area (Å²) in [6.45, 7) is 0.466. The quantitative estimate of drug-likeness (QED) is 0.768. The molecule has 1 unspecified atom stereocenters. The van der Waals surface area contributed by atoms with Gasteiger partial charge in [0.2, 0.25) is 0 Å². The maximum Gasteiger partial charge on any atom is 0.154 e. The highest BCUT2D eigenvalue weighted by molar-refractivity contribution is 5.14. The Morgan fingerprint density at radius 2 is 1.42 bits per heavy atom. The highest BCUT2D eigenvalue weighted by atomic mass is 16.6. The fourth-order valence-electron chi connectivity index (χ4n) is 1.98. The third-order valence-corrected chi connectivity index (χ3v) is 3.04. The molecule has 0 radical (unpaired) electrons. The van der Waals surface area contributed by atoms with Crippen LogP contribution < -0.4 is 0 Å². The molecule has 2 aromatic rings. The molecule has 2 rings (SSSR count). The Labute approximate surface area is 114 Å². The van der Waals surface area contributed by atoms with Crippen molar-refractivity contribution in [2.75, 3.05) is 0 Å². The minimum absolute atomic E-state index is 0.466. The number of hydrogen-bond acceptors (Lipinski definition) is 2. The van der Waals surface area contributed by atoms with Crippen LogP contribution in [0.3, 0.4) is 0 Å². The number of rotatable bonds is 7. The molecular formula is C17H20O2. The monoisotopic (exact) mass is 256 g/mol. The van der Waals surface area contributed by atoms with Gasteiger partial charge in [-0.05, 0) is 30.4 Å². The molecular weight excluding hydrogens is 236 g/mol. The summed E-state index contributed by atoms with van der Waals surface area (Å²) < 4.78 is 5.42. The normalized spacial score (nSPS) is 12.3. The Bertz CT molecular complexity index is 453. The molecule has 0 fully saturated rings. The van der Waals surface area contributed by atoms with Crippen molar-refractivity contribution in [2.45, 2.75) is 32.2 Å². The van der Waals surface area contributed by atoms with Gasteiger partial charge < -0.3 is 9.84 Å². The number of ether oxygens (including phenoxy) is 1. The molecule has 1 N–H and O–H groups in total. The molecule has 0 bridgehead atoms. The standard InChI is InChI=1S/C17H20O2/c18-17(19-14-16-10-5-2-6-11-16)13-7-12-15-8-3-1-4-9-15/h1-6,8-11,17-18H,7,12-14H2. The SMILES string of the molecule is OC(CCCc1ccccc1)OCc1ccccc1. The van der Waals surface area contributed by atoms with Crippen molar-refractivity contribution >= 4 is 0 Å². The summed E-state index contributed by atoms with van der Waals surface area (Å²) in [4.78, 5) is 0. The van der Waals surface area contributed by atoms with Crippen LogP contribution in [0.2, 0.25) is 0 Å². The number of benzene rings is 2. The van der Waals surface area contributed by atoms with Crippen LogP contribution in [-0.2, 0) is 17.8 Å². The van der Waals surface area contributed by atoms with Gasteiger partial charge in [-0.1, -0.05) is 60.7 Å². The number of aryl methyl sites for hydroxylation is 1. The smallest absolute Gasteiger partial charge is 0.154 e. The van der Waals surface area contributed by atoms with Crippen LogP contribution in [0.4, 0.5) is 0 Å². The van der Waals surface area contributed by atoms with Crippen molar-refractivity contribution in [3.8, 4) is 0 Å². The van der Waals surface area contributed by atoms with Gasteiger partial charge in [0.1, 0.15) is 0 Å². The van der Waals surface area contributed by atoms with Crippen molar-refractivity contribution < 1.29 is 9.84 Å². The van der Waals surface area contributed by atoms with E-state index < -0.39 is 6.29 Å². The molecule has 0 aliphatic heterocycles. The lowest BCUT2D eigenvalue weighted by molar-refractivity contribution is -0.112. The molecule has 2 heteroatoms. The summed E-state index contributed by atoms with van der Waals surface area (Å²) in [5.74, 6) is 0. The second-order valence-corrected chi connectivity index (χ2v) is 4.63. The van der Waals surface area contributed by atoms with Gasteiger partial charge in [0, 0.05) is 0 Å². The van der Waals surface area contributed by atoms with Crippen molar-refractivity contribution in [1.82, 2.24) is 0 Å². The van der Waals surface area contributed by atoms with Crippen LogP contribution in [0.5, 0.6) is 0 Å². The van der Waals surface area contributed by atoms with Gasteiger partial charge in [0.05, 0.1) is 6.61 Å². The molecule has 1 atom stereocenters. The van der Waals surface area contributed by atoms with Crippen molar-refractivity contribution in [3.05, 3.63) is 71.8 Å². The van der Waals surface area contributed by atoms with Crippen LogP contribution in [0.1, 0.15) is 24.0 Å². The number of aliphatic hydroxyl groups is 1. The Kier molecular flexibility index (Phi) is 5.60. The lowest BCUT2D eigenvalue weighted by Gasteiger charge is -2.12. The molecule has 0 aliphatic rings. The molecule has 0 saturated carbocycles. The predicted molar refractivity (Wildman–Crippen MR) is 76.6 cm³/mol. The molecule has 2 aromatic carbocycles. The van der Waals surface area contributed by atoms with E-state index >= 15 is 0 Å². The van der Waals surface area contributed by atoms with Crippen molar-refractivity contribution in [1.29, 1.82) is 0 Å². The zero-order chi connectivity index (χ0) is 13.3. The largest absolute Gasteiger partial charge is 0.368 e. The zero-order valence-electron chi connectivity index (χ0n) is 11.0. The zero-order valence-corrected chi connectivity index (χ0v) is 11.0. The molecule has 0 amide bonds. The van der Waals surface area contributed by atoms with E-state index in [2.05, 4.69) is 12.1 Å². The lowest BCUT2D eigenvalue weighted by Crippen LogP contribution is -2.12. The van der Waals surface area contributed by atoms with Gasteiger partial charge in [0.15, 0.2) is 6.29 Å². The Balaban J connectivity index is 1.64. The lowest BCUT2D eigenvalue weighted by atomic mass is 10.1. The topological polar surface area (TPSA) is 29.5 Å².